The van der Waals surface area contributed by atoms with Gasteiger partial charge in [0.2, 0.25) is 5.88 Å². The van der Waals surface area contributed by atoms with E-state index in [2.05, 4.69) is 4.99 Å². The van der Waals surface area contributed by atoms with Crippen LogP contribution in [0.15, 0.2) is 82.6 Å². The third-order valence-electron chi connectivity index (χ3n) is 5.14. The van der Waals surface area contributed by atoms with Crippen LogP contribution in [0.5, 0.6) is 11.6 Å². The number of aryl methyl sites for hydroxylation is 1. The summed E-state index contributed by atoms with van der Waals surface area (Å²) in [4.78, 5) is 17.7. The molecule has 0 aliphatic heterocycles. The number of ether oxygens (including phenoxy) is 1. The van der Waals surface area contributed by atoms with Gasteiger partial charge in [0.15, 0.2) is 0 Å². The van der Waals surface area contributed by atoms with E-state index in [4.69, 9.17) is 4.74 Å². The van der Waals surface area contributed by atoms with Crippen LogP contribution in [0.2, 0.25) is 0 Å². The first-order valence-corrected chi connectivity index (χ1v) is 9.65. The molecule has 0 saturated heterocycles. The fraction of sp³-hybridized carbons (Fsp3) is 0.120. The summed E-state index contributed by atoms with van der Waals surface area (Å²) in [6.45, 7) is 2.22. The molecule has 0 bridgehead atoms. The highest BCUT2D eigenvalue weighted by Gasteiger charge is 2.15. The molecule has 5 heteroatoms. The number of aromatic nitrogens is 1. The molecule has 0 radical (unpaired) electrons. The Morgan fingerprint density at radius 3 is 2.33 bits per heavy atom. The minimum atomic E-state index is -0.244. The first kappa shape index (κ1) is 19.5. The number of benzene rings is 3. The molecule has 0 amide bonds. The van der Waals surface area contributed by atoms with Gasteiger partial charge in [-0.3, -0.25) is 14.4 Å². The van der Waals surface area contributed by atoms with Crippen molar-refractivity contribution < 1.29 is 9.84 Å². The fourth-order valence-electron chi connectivity index (χ4n) is 3.44. The lowest BCUT2D eigenvalue weighted by Crippen LogP contribution is -2.22. The maximum atomic E-state index is 13.1. The molecule has 30 heavy (non-hydrogen) atoms. The van der Waals surface area contributed by atoms with E-state index in [1.54, 1.807) is 19.4 Å². The summed E-state index contributed by atoms with van der Waals surface area (Å²) in [5.41, 5.74) is 3.00. The molecule has 0 fully saturated rings. The highest BCUT2D eigenvalue weighted by Crippen LogP contribution is 2.26. The average molecular weight is 398 g/mol. The van der Waals surface area contributed by atoms with Crippen molar-refractivity contribution in [2.75, 3.05) is 7.11 Å². The number of aromatic hydroxyl groups is 1. The topological polar surface area (TPSA) is 63.8 Å². The average Bonchev–Trinajstić information content (AvgIpc) is 2.78. The molecular formula is C25H22N2O3. The SMILES string of the molecule is COc1ccc(Cn2c(O)c(C=Nc3ccccc3C)c3ccccc3c2=O)cc1. The maximum Gasteiger partial charge on any atom is 0.261 e. The molecule has 1 heterocycles. The predicted molar refractivity (Wildman–Crippen MR) is 120 cm³/mol. The van der Waals surface area contributed by atoms with Crippen LogP contribution in [0.25, 0.3) is 10.8 Å². The number of hydrogen-bond acceptors (Lipinski definition) is 4. The predicted octanol–water partition coefficient (Wildman–Crippen LogP) is 4.82. The van der Waals surface area contributed by atoms with Crippen molar-refractivity contribution in [1.29, 1.82) is 0 Å². The first-order chi connectivity index (χ1) is 14.6. The number of pyridine rings is 1. The molecule has 0 aliphatic rings. The minimum Gasteiger partial charge on any atom is -0.497 e. The van der Waals surface area contributed by atoms with Gasteiger partial charge < -0.3 is 9.84 Å². The van der Waals surface area contributed by atoms with Gasteiger partial charge >= 0.3 is 0 Å². The molecule has 4 rings (SSSR count). The van der Waals surface area contributed by atoms with Crippen molar-refractivity contribution >= 4 is 22.7 Å². The smallest absolute Gasteiger partial charge is 0.261 e. The summed E-state index contributed by atoms with van der Waals surface area (Å²) in [6.07, 6.45) is 1.63. The van der Waals surface area contributed by atoms with Crippen LogP contribution in [0.3, 0.4) is 0 Å². The minimum absolute atomic E-state index is 0.105. The van der Waals surface area contributed by atoms with Crippen molar-refractivity contribution in [1.82, 2.24) is 4.57 Å². The lowest BCUT2D eigenvalue weighted by molar-refractivity contribution is 0.412. The second kappa shape index (κ2) is 8.25. The lowest BCUT2D eigenvalue weighted by atomic mass is 10.1. The van der Waals surface area contributed by atoms with Gasteiger partial charge in [-0.2, -0.15) is 0 Å². The fourth-order valence-corrected chi connectivity index (χ4v) is 3.44. The van der Waals surface area contributed by atoms with Crippen molar-refractivity contribution in [2.24, 2.45) is 4.99 Å². The van der Waals surface area contributed by atoms with Gasteiger partial charge in [0.1, 0.15) is 5.75 Å². The number of nitrogens with zero attached hydrogens (tertiary/aromatic N) is 2. The molecule has 1 N–H and O–H groups in total. The summed E-state index contributed by atoms with van der Waals surface area (Å²) in [5.74, 6) is 0.631. The second-order valence-electron chi connectivity index (χ2n) is 7.07. The molecule has 0 unspecified atom stereocenters. The second-order valence-corrected chi connectivity index (χ2v) is 7.07. The quantitative estimate of drug-likeness (QED) is 0.490. The molecule has 0 spiro atoms. The third-order valence-corrected chi connectivity index (χ3v) is 5.14. The monoisotopic (exact) mass is 398 g/mol. The molecule has 0 aliphatic carbocycles. The Hall–Kier alpha value is -3.86. The van der Waals surface area contributed by atoms with Crippen LogP contribution in [-0.4, -0.2) is 23.0 Å². The summed E-state index contributed by atoms with van der Waals surface area (Å²) in [6, 6.07) is 22.5. The Kier molecular flexibility index (Phi) is 5.35. The Bertz CT molecular complexity index is 1290. The standard InChI is InChI=1S/C25H22N2O3/c1-17-7-3-6-10-23(17)26-15-22-20-8-4-5-9-21(20)24(28)27(25(22)29)16-18-11-13-19(30-2)14-12-18/h3-15,29H,16H2,1-2H3. The number of hydrogen-bond donors (Lipinski definition) is 1. The van der Waals surface area contributed by atoms with Gasteiger partial charge in [0, 0.05) is 17.0 Å². The highest BCUT2D eigenvalue weighted by molar-refractivity contribution is 6.02. The normalized spacial score (nSPS) is 11.3. The Morgan fingerprint density at radius 2 is 1.63 bits per heavy atom. The van der Waals surface area contributed by atoms with Crippen molar-refractivity contribution in [3.8, 4) is 11.6 Å². The first-order valence-electron chi connectivity index (χ1n) is 9.65. The Balaban J connectivity index is 1.85. The lowest BCUT2D eigenvalue weighted by Gasteiger charge is -2.14. The summed E-state index contributed by atoms with van der Waals surface area (Å²) in [7, 11) is 1.61. The Labute approximate surface area is 174 Å². The molecule has 0 atom stereocenters. The van der Waals surface area contributed by atoms with Gasteiger partial charge in [0.25, 0.3) is 5.56 Å². The van der Waals surface area contributed by atoms with Crippen LogP contribution in [0.1, 0.15) is 16.7 Å². The van der Waals surface area contributed by atoms with Crippen LogP contribution in [0, 0.1) is 6.92 Å². The van der Waals surface area contributed by atoms with Crippen molar-refractivity contribution in [3.63, 3.8) is 0 Å². The highest BCUT2D eigenvalue weighted by atomic mass is 16.5. The number of methoxy groups -OCH3 is 1. The Morgan fingerprint density at radius 1 is 0.967 bits per heavy atom. The molecule has 3 aromatic carbocycles. The zero-order valence-electron chi connectivity index (χ0n) is 16.9. The zero-order chi connectivity index (χ0) is 21.1. The number of para-hydroxylation sites is 1. The van der Waals surface area contributed by atoms with E-state index in [1.807, 2.05) is 73.7 Å². The van der Waals surface area contributed by atoms with Gasteiger partial charge in [0.05, 0.1) is 24.9 Å². The van der Waals surface area contributed by atoms with Crippen LogP contribution in [0.4, 0.5) is 5.69 Å². The van der Waals surface area contributed by atoms with Gasteiger partial charge in [-0.15, -0.1) is 0 Å². The van der Waals surface area contributed by atoms with E-state index < -0.39 is 0 Å². The van der Waals surface area contributed by atoms with E-state index in [9.17, 15) is 9.90 Å². The molecule has 1 aromatic heterocycles. The van der Waals surface area contributed by atoms with E-state index >= 15 is 0 Å². The maximum absolute atomic E-state index is 13.1. The molecule has 4 aromatic rings. The molecule has 0 saturated carbocycles. The zero-order valence-corrected chi connectivity index (χ0v) is 16.9. The molecular weight excluding hydrogens is 376 g/mol. The number of fused-ring (bicyclic) bond motifs is 1. The van der Waals surface area contributed by atoms with Crippen LogP contribution >= 0.6 is 0 Å². The molecule has 5 nitrogen and oxygen atoms in total. The largest absolute Gasteiger partial charge is 0.497 e. The number of aliphatic imine (C=N–C) groups is 1. The van der Waals surface area contributed by atoms with E-state index in [0.717, 1.165) is 22.6 Å². The summed E-state index contributed by atoms with van der Waals surface area (Å²) >= 11 is 0. The van der Waals surface area contributed by atoms with Crippen molar-refractivity contribution in [2.45, 2.75) is 13.5 Å². The van der Waals surface area contributed by atoms with Gasteiger partial charge in [-0.25, -0.2) is 0 Å². The number of rotatable bonds is 5. The van der Waals surface area contributed by atoms with E-state index in [-0.39, 0.29) is 18.0 Å². The van der Waals surface area contributed by atoms with Crippen LogP contribution < -0.4 is 10.3 Å². The summed E-state index contributed by atoms with van der Waals surface area (Å²) in [5, 5.41) is 12.2. The van der Waals surface area contributed by atoms with Gasteiger partial charge in [-0.05, 0) is 42.3 Å². The van der Waals surface area contributed by atoms with E-state index in [1.165, 1.54) is 4.57 Å². The molecule has 150 valence electrons. The summed E-state index contributed by atoms with van der Waals surface area (Å²) < 4.78 is 6.57. The van der Waals surface area contributed by atoms with E-state index in [0.29, 0.717) is 16.3 Å². The van der Waals surface area contributed by atoms with Crippen LogP contribution in [-0.2, 0) is 6.54 Å². The van der Waals surface area contributed by atoms with Crippen molar-refractivity contribution in [3.05, 3.63) is 99.8 Å². The third kappa shape index (κ3) is 3.70. The van der Waals surface area contributed by atoms with Gasteiger partial charge in [-0.1, -0.05) is 48.5 Å².